The van der Waals surface area contributed by atoms with Gasteiger partial charge in [-0.2, -0.15) is 0 Å². The summed E-state index contributed by atoms with van der Waals surface area (Å²) in [4.78, 5) is 12.1. The summed E-state index contributed by atoms with van der Waals surface area (Å²) in [5.41, 5.74) is 2.38. The number of hydrogen-bond acceptors (Lipinski definition) is 4. The Balaban J connectivity index is 0.00000264. The summed E-state index contributed by atoms with van der Waals surface area (Å²) in [7, 11) is -1.58. The van der Waals surface area contributed by atoms with Crippen molar-refractivity contribution < 1.29 is 13.2 Å². The fourth-order valence-corrected chi connectivity index (χ4v) is 3.83. The molecule has 0 bridgehead atoms. The molecule has 2 rings (SSSR count). The lowest BCUT2D eigenvalue weighted by Crippen LogP contribution is -2.37. The van der Waals surface area contributed by atoms with Gasteiger partial charge in [-0.3, -0.25) is 4.79 Å². The van der Waals surface area contributed by atoms with Crippen LogP contribution >= 0.6 is 12.4 Å². The zero-order chi connectivity index (χ0) is 16.2. The van der Waals surface area contributed by atoms with Gasteiger partial charge >= 0.3 is 0 Å². The Morgan fingerprint density at radius 1 is 1.26 bits per heavy atom. The van der Waals surface area contributed by atoms with Gasteiger partial charge in [-0.1, -0.05) is 6.07 Å². The number of likely N-dealkylation sites (N-methyl/N-ethyl adjacent to an activating group) is 1. The molecule has 1 amide bonds. The first kappa shape index (κ1) is 19.9. The Morgan fingerprint density at radius 2 is 1.96 bits per heavy atom. The number of sulfone groups is 1. The van der Waals surface area contributed by atoms with Crippen LogP contribution in [0.2, 0.25) is 0 Å². The largest absolute Gasteiger partial charge is 0.355 e. The van der Waals surface area contributed by atoms with Crippen molar-refractivity contribution in [3.05, 3.63) is 29.3 Å². The van der Waals surface area contributed by atoms with E-state index in [1.165, 1.54) is 5.56 Å². The molecule has 0 spiro atoms. The van der Waals surface area contributed by atoms with Crippen molar-refractivity contribution in [3.8, 4) is 0 Å². The molecule has 1 unspecified atom stereocenters. The van der Waals surface area contributed by atoms with Crippen LogP contribution in [0.1, 0.15) is 30.9 Å². The number of fused-ring (bicyclic) bond motifs is 1. The maximum Gasteiger partial charge on any atom is 0.221 e. The predicted octanol–water partition coefficient (Wildman–Crippen LogP) is 1.49. The van der Waals surface area contributed by atoms with E-state index in [9.17, 15) is 13.2 Å². The van der Waals surface area contributed by atoms with Gasteiger partial charge in [-0.05, 0) is 56.5 Å². The summed E-state index contributed by atoms with van der Waals surface area (Å²) in [6.07, 6.45) is 3.06. The van der Waals surface area contributed by atoms with Gasteiger partial charge in [-0.25, -0.2) is 8.42 Å². The number of halogens is 1. The van der Waals surface area contributed by atoms with E-state index >= 15 is 0 Å². The summed E-state index contributed by atoms with van der Waals surface area (Å²) >= 11 is 0. The van der Waals surface area contributed by atoms with Gasteiger partial charge in [0.15, 0.2) is 9.84 Å². The minimum Gasteiger partial charge on any atom is -0.355 e. The Hall–Kier alpha value is -1.11. The minimum atomic E-state index is -3.40. The lowest BCUT2D eigenvalue weighted by atomic mass is 10.1. The van der Waals surface area contributed by atoms with Crippen LogP contribution in [-0.2, 0) is 27.5 Å². The topological polar surface area (TPSA) is 75.3 Å². The molecule has 7 heteroatoms. The van der Waals surface area contributed by atoms with Crippen LogP contribution in [0.15, 0.2) is 23.1 Å². The normalized spacial score (nSPS) is 14.7. The molecule has 0 fully saturated rings. The number of rotatable bonds is 7. The molecule has 130 valence electrons. The van der Waals surface area contributed by atoms with E-state index < -0.39 is 9.84 Å². The summed E-state index contributed by atoms with van der Waals surface area (Å²) < 4.78 is 24.7. The molecule has 1 atom stereocenters. The van der Waals surface area contributed by atoms with E-state index in [-0.39, 0.29) is 36.5 Å². The van der Waals surface area contributed by atoms with Crippen LogP contribution in [0.3, 0.4) is 0 Å². The average Bonchev–Trinajstić information content (AvgIpc) is 2.98. The van der Waals surface area contributed by atoms with E-state index in [1.54, 1.807) is 12.1 Å². The second-order valence-corrected chi connectivity index (χ2v) is 7.96. The maximum absolute atomic E-state index is 12.3. The molecular formula is C16H25ClN2O3S. The number of carbonyl (C=O) groups excluding carboxylic acids is 1. The summed E-state index contributed by atoms with van der Waals surface area (Å²) in [5, 5.41) is 5.74. The summed E-state index contributed by atoms with van der Waals surface area (Å²) in [5.74, 6) is -0.377. The molecule has 1 aromatic rings. The Labute approximate surface area is 144 Å². The SMILES string of the molecule is CNC(C)CNC(=O)CCS(=O)(=O)c1ccc2c(c1)CCC2.Cl. The highest BCUT2D eigenvalue weighted by Crippen LogP contribution is 2.25. The smallest absolute Gasteiger partial charge is 0.221 e. The van der Waals surface area contributed by atoms with Crippen LogP contribution in [0.25, 0.3) is 0 Å². The third-order valence-electron chi connectivity index (χ3n) is 4.13. The molecule has 2 N–H and O–H groups in total. The third-order valence-corrected chi connectivity index (χ3v) is 5.84. The molecule has 0 saturated heterocycles. The number of carbonyl (C=O) groups is 1. The third kappa shape index (κ3) is 5.48. The number of benzene rings is 1. The Kier molecular flexibility index (Phi) is 7.51. The second kappa shape index (κ2) is 8.66. The highest BCUT2D eigenvalue weighted by atomic mass is 35.5. The minimum absolute atomic E-state index is 0. The first-order chi connectivity index (χ1) is 10.4. The van der Waals surface area contributed by atoms with E-state index in [4.69, 9.17) is 0 Å². The lowest BCUT2D eigenvalue weighted by molar-refractivity contribution is -0.120. The van der Waals surface area contributed by atoms with Crippen molar-refractivity contribution in [2.45, 2.75) is 43.5 Å². The van der Waals surface area contributed by atoms with E-state index in [2.05, 4.69) is 10.6 Å². The molecule has 1 aromatic carbocycles. The first-order valence-corrected chi connectivity index (χ1v) is 9.36. The van der Waals surface area contributed by atoms with Gasteiger partial charge in [0.25, 0.3) is 0 Å². The molecule has 0 aliphatic heterocycles. The van der Waals surface area contributed by atoms with Crippen LogP contribution in [0.4, 0.5) is 0 Å². The molecular weight excluding hydrogens is 336 g/mol. The zero-order valence-corrected chi connectivity index (χ0v) is 15.2. The molecule has 23 heavy (non-hydrogen) atoms. The molecule has 0 radical (unpaired) electrons. The van der Waals surface area contributed by atoms with Crippen molar-refractivity contribution in [2.75, 3.05) is 19.3 Å². The zero-order valence-electron chi connectivity index (χ0n) is 13.6. The van der Waals surface area contributed by atoms with Crippen LogP contribution in [0.5, 0.6) is 0 Å². The fourth-order valence-electron chi connectivity index (χ4n) is 2.54. The monoisotopic (exact) mass is 360 g/mol. The quantitative estimate of drug-likeness (QED) is 0.772. The number of amides is 1. The van der Waals surface area contributed by atoms with Crippen LogP contribution in [-0.4, -0.2) is 39.7 Å². The predicted molar refractivity (Wildman–Crippen MR) is 93.9 cm³/mol. The van der Waals surface area contributed by atoms with E-state index in [0.29, 0.717) is 11.4 Å². The molecule has 0 aromatic heterocycles. The van der Waals surface area contributed by atoms with Crippen molar-refractivity contribution in [3.63, 3.8) is 0 Å². The van der Waals surface area contributed by atoms with Gasteiger partial charge in [0.1, 0.15) is 0 Å². The molecule has 0 heterocycles. The Morgan fingerprint density at radius 3 is 2.65 bits per heavy atom. The van der Waals surface area contributed by atoms with Gasteiger partial charge in [-0.15, -0.1) is 12.4 Å². The summed E-state index contributed by atoms with van der Waals surface area (Å²) in [6.45, 7) is 2.44. The highest BCUT2D eigenvalue weighted by Gasteiger charge is 2.19. The highest BCUT2D eigenvalue weighted by molar-refractivity contribution is 7.91. The van der Waals surface area contributed by atoms with Crippen molar-refractivity contribution >= 4 is 28.2 Å². The lowest BCUT2D eigenvalue weighted by Gasteiger charge is -2.11. The Bertz CT molecular complexity index is 647. The number of hydrogen-bond donors (Lipinski definition) is 2. The van der Waals surface area contributed by atoms with Gasteiger partial charge in [0.05, 0.1) is 10.6 Å². The van der Waals surface area contributed by atoms with Gasteiger partial charge in [0.2, 0.25) is 5.91 Å². The number of nitrogens with one attached hydrogen (secondary N) is 2. The van der Waals surface area contributed by atoms with Crippen LogP contribution < -0.4 is 10.6 Å². The van der Waals surface area contributed by atoms with Crippen molar-refractivity contribution in [2.24, 2.45) is 0 Å². The standard InChI is InChI=1S/C16H24N2O3S.ClH/c1-12(17-2)11-18-16(19)8-9-22(20,21)15-7-6-13-4-3-5-14(13)10-15;/h6-7,10,12,17H,3-5,8-9,11H2,1-2H3,(H,18,19);1H. The number of aryl methyl sites for hydroxylation is 2. The molecule has 1 aliphatic rings. The molecule has 1 aliphatic carbocycles. The van der Waals surface area contributed by atoms with Gasteiger partial charge in [0, 0.05) is 19.0 Å². The van der Waals surface area contributed by atoms with E-state index in [0.717, 1.165) is 24.8 Å². The molecule has 0 saturated carbocycles. The first-order valence-electron chi connectivity index (χ1n) is 7.71. The van der Waals surface area contributed by atoms with Gasteiger partial charge < -0.3 is 10.6 Å². The van der Waals surface area contributed by atoms with Crippen molar-refractivity contribution in [1.29, 1.82) is 0 Å². The second-order valence-electron chi connectivity index (χ2n) is 5.85. The fraction of sp³-hybridized carbons (Fsp3) is 0.562. The average molecular weight is 361 g/mol. The van der Waals surface area contributed by atoms with E-state index in [1.807, 2.05) is 20.0 Å². The molecule has 5 nitrogen and oxygen atoms in total. The van der Waals surface area contributed by atoms with Crippen LogP contribution in [0, 0.1) is 0 Å². The summed E-state index contributed by atoms with van der Waals surface area (Å²) in [6, 6.07) is 5.51. The van der Waals surface area contributed by atoms with Crippen molar-refractivity contribution in [1.82, 2.24) is 10.6 Å². The maximum atomic E-state index is 12.3.